The second-order valence-corrected chi connectivity index (χ2v) is 3.87. The lowest BCUT2D eigenvalue weighted by Gasteiger charge is -2.15. The molecule has 0 bridgehead atoms. The minimum atomic E-state index is -0.211. The molecule has 2 rings (SSSR count). The zero-order chi connectivity index (χ0) is 12.1. The molecule has 0 fully saturated rings. The largest absolute Gasteiger partial charge is 0.343 e. The van der Waals surface area contributed by atoms with E-state index in [1.165, 1.54) is 6.20 Å². The smallest absolute Gasteiger partial charge is 0.269 e. The number of nitrogens with zero attached hydrogens (tertiary/aromatic N) is 1. The quantitative estimate of drug-likeness (QED) is 0.816. The Labute approximate surface area is 104 Å². The maximum absolute atomic E-state index is 11.8. The number of aromatic amines is 1. The third kappa shape index (κ3) is 2.85. The Morgan fingerprint density at radius 3 is 2.71 bits per heavy atom. The predicted octanol–water partition coefficient (Wildman–Crippen LogP) is 2.12. The van der Waals surface area contributed by atoms with Gasteiger partial charge in [0.25, 0.3) is 5.91 Å². The van der Waals surface area contributed by atoms with E-state index < -0.39 is 0 Å². The van der Waals surface area contributed by atoms with E-state index in [0.29, 0.717) is 11.6 Å². The summed E-state index contributed by atoms with van der Waals surface area (Å²) in [5.74, 6) is 0.112. The SMILES string of the molecule is O=C(NC(CCl)c1ccccc1)c1ccn[nH]1. The zero-order valence-electron chi connectivity index (χ0n) is 9.06. The number of amides is 1. The summed E-state index contributed by atoms with van der Waals surface area (Å²) in [4.78, 5) is 11.8. The van der Waals surface area contributed by atoms with Crippen molar-refractivity contribution in [2.75, 3.05) is 5.88 Å². The number of rotatable bonds is 4. The monoisotopic (exact) mass is 249 g/mol. The molecule has 1 amide bonds. The van der Waals surface area contributed by atoms with Gasteiger partial charge in [-0.1, -0.05) is 30.3 Å². The second kappa shape index (κ2) is 5.50. The third-order valence-electron chi connectivity index (χ3n) is 2.41. The first-order valence-electron chi connectivity index (χ1n) is 5.22. The van der Waals surface area contributed by atoms with Crippen LogP contribution in [0.4, 0.5) is 0 Å². The number of carbonyl (C=O) groups is 1. The number of hydrogen-bond acceptors (Lipinski definition) is 2. The molecule has 0 aliphatic heterocycles. The molecule has 2 N–H and O–H groups in total. The number of alkyl halides is 1. The lowest BCUT2D eigenvalue weighted by atomic mass is 10.1. The highest BCUT2D eigenvalue weighted by molar-refractivity contribution is 6.18. The van der Waals surface area contributed by atoms with Crippen LogP contribution in [-0.4, -0.2) is 22.0 Å². The van der Waals surface area contributed by atoms with Crippen LogP contribution in [0.5, 0.6) is 0 Å². The summed E-state index contributed by atoms with van der Waals surface area (Å²) >= 11 is 5.87. The van der Waals surface area contributed by atoms with Crippen LogP contribution in [0.25, 0.3) is 0 Å². The lowest BCUT2D eigenvalue weighted by molar-refractivity contribution is 0.0935. The lowest BCUT2D eigenvalue weighted by Crippen LogP contribution is -2.29. The van der Waals surface area contributed by atoms with Gasteiger partial charge in [0.15, 0.2) is 0 Å². The summed E-state index contributed by atoms with van der Waals surface area (Å²) in [6, 6.07) is 11.0. The molecule has 1 unspecified atom stereocenters. The zero-order valence-corrected chi connectivity index (χ0v) is 9.82. The molecule has 0 aliphatic carbocycles. The maximum Gasteiger partial charge on any atom is 0.269 e. The topological polar surface area (TPSA) is 57.8 Å². The van der Waals surface area contributed by atoms with E-state index in [2.05, 4.69) is 15.5 Å². The molecule has 0 saturated carbocycles. The van der Waals surface area contributed by atoms with Crippen LogP contribution in [0.3, 0.4) is 0 Å². The van der Waals surface area contributed by atoms with E-state index in [4.69, 9.17) is 11.6 Å². The number of benzene rings is 1. The maximum atomic E-state index is 11.8. The van der Waals surface area contributed by atoms with Crippen LogP contribution in [0.2, 0.25) is 0 Å². The minimum absolute atomic E-state index is 0.200. The summed E-state index contributed by atoms with van der Waals surface area (Å²) in [5.41, 5.74) is 1.41. The van der Waals surface area contributed by atoms with Crippen LogP contribution < -0.4 is 5.32 Å². The van der Waals surface area contributed by atoms with Crippen LogP contribution in [0.1, 0.15) is 22.1 Å². The molecule has 2 aromatic rings. The van der Waals surface area contributed by atoms with Gasteiger partial charge in [-0.05, 0) is 11.6 Å². The van der Waals surface area contributed by atoms with Crippen molar-refractivity contribution in [3.8, 4) is 0 Å². The van der Waals surface area contributed by atoms with Gasteiger partial charge in [0, 0.05) is 12.1 Å². The van der Waals surface area contributed by atoms with Gasteiger partial charge in [-0.15, -0.1) is 11.6 Å². The Bertz CT molecular complexity index is 470. The molecule has 0 aliphatic rings. The summed E-state index contributed by atoms with van der Waals surface area (Å²) in [7, 11) is 0. The first kappa shape index (κ1) is 11.7. The number of carbonyl (C=O) groups excluding carboxylic acids is 1. The molecule has 4 nitrogen and oxygen atoms in total. The molecule has 1 heterocycles. The Morgan fingerprint density at radius 2 is 2.12 bits per heavy atom. The molecular formula is C12H12ClN3O. The average molecular weight is 250 g/mol. The first-order valence-corrected chi connectivity index (χ1v) is 5.76. The molecule has 88 valence electrons. The highest BCUT2D eigenvalue weighted by Gasteiger charge is 2.15. The highest BCUT2D eigenvalue weighted by atomic mass is 35.5. The number of nitrogens with one attached hydrogen (secondary N) is 2. The average Bonchev–Trinajstić information content (AvgIpc) is 2.90. The second-order valence-electron chi connectivity index (χ2n) is 3.56. The number of halogens is 1. The van der Waals surface area contributed by atoms with E-state index in [9.17, 15) is 4.79 Å². The van der Waals surface area contributed by atoms with Crippen molar-refractivity contribution in [1.29, 1.82) is 0 Å². The van der Waals surface area contributed by atoms with Crippen molar-refractivity contribution >= 4 is 17.5 Å². The van der Waals surface area contributed by atoms with Crippen LogP contribution in [0.15, 0.2) is 42.6 Å². The van der Waals surface area contributed by atoms with Crippen molar-refractivity contribution in [3.05, 3.63) is 53.9 Å². The predicted molar refractivity (Wildman–Crippen MR) is 66.0 cm³/mol. The van der Waals surface area contributed by atoms with Crippen molar-refractivity contribution in [2.24, 2.45) is 0 Å². The summed E-state index contributed by atoms with van der Waals surface area (Å²) in [5, 5.41) is 9.19. The third-order valence-corrected chi connectivity index (χ3v) is 2.72. The Balaban J connectivity index is 2.09. The fraction of sp³-hybridized carbons (Fsp3) is 0.167. The van der Waals surface area contributed by atoms with E-state index in [0.717, 1.165) is 5.56 Å². The summed E-state index contributed by atoms with van der Waals surface area (Å²) in [6.45, 7) is 0. The fourth-order valence-electron chi connectivity index (χ4n) is 1.51. The summed E-state index contributed by atoms with van der Waals surface area (Å²) < 4.78 is 0. The normalized spacial score (nSPS) is 12.1. The van der Waals surface area contributed by atoms with Crippen LogP contribution >= 0.6 is 11.6 Å². The van der Waals surface area contributed by atoms with Crippen molar-refractivity contribution in [3.63, 3.8) is 0 Å². The molecular weight excluding hydrogens is 238 g/mol. The number of aromatic nitrogens is 2. The molecule has 1 aromatic heterocycles. The molecule has 1 atom stereocenters. The molecule has 5 heteroatoms. The summed E-state index contributed by atoms with van der Waals surface area (Å²) in [6.07, 6.45) is 1.53. The van der Waals surface area contributed by atoms with E-state index in [1.807, 2.05) is 30.3 Å². The van der Waals surface area contributed by atoms with Gasteiger partial charge in [-0.2, -0.15) is 5.10 Å². The minimum Gasteiger partial charge on any atom is -0.343 e. The first-order chi connectivity index (χ1) is 8.31. The molecule has 0 saturated heterocycles. The molecule has 1 aromatic carbocycles. The van der Waals surface area contributed by atoms with Crippen molar-refractivity contribution < 1.29 is 4.79 Å². The van der Waals surface area contributed by atoms with Gasteiger partial charge in [-0.3, -0.25) is 9.89 Å². The van der Waals surface area contributed by atoms with Crippen molar-refractivity contribution in [1.82, 2.24) is 15.5 Å². The standard InChI is InChI=1S/C12H12ClN3O/c13-8-11(9-4-2-1-3-5-9)15-12(17)10-6-7-14-16-10/h1-7,11H,8H2,(H,14,16)(H,15,17). The van der Waals surface area contributed by atoms with Gasteiger partial charge in [0.1, 0.15) is 5.69 Å². The fourth-order valence-corrected chi connectivity index (χ4v) is 1.77. The molecule has 0 radical (unpaired) electrons. The number of H-pyrrole nitrogens is 1. The highest BCUT2D eigenvalue weighted by Crippen LogP contribution is 2.14. The van der Waals surface area contributed by atoms with Gasteiger partial charge < -0.3 is 5.32 Å². The van der Waals surface area contributed by atoms with Crippen LogP contribution in [-0.2, 0) is 0 Å². The Hall–Kier alpha value is -1.81. The van der Waals surface area contributed by atoms with E-state index in [1.54, 1.807) is 6.07 Å². The van der Waals surface area contributed by atoms with E-state index in [-0.39, 0.29) is 11.9 Å². The van der Waals surface area contributed by atoms with Crippen molar-refractivity contribution in [2.45, 2.75) is 6.04 Å². The van der Waals surface area contributed by atoms with Gasteiger partial charge >= 0.3 is 0 Å². The van der Waals surface area contributed by atoms with Gasteiger partial charge in [0.05, 0.1) is 6.04 Å². The Morgan fingerprint density at radius 1 is 1.35 bits per heavy atom. The Kier molecular flexibility index (Phi) is 3.77. The van der Waals surface area contributed by atoms with Gasteiger partial charge in [0.2, 0.25) is 0 Å². The molecule has 17 heavy (non-hydrogen) atoms. The van der Waals surface area contributed by atoms with Gasteiger partial charge in [-0.25, -0.2) is 0 Å². The molecule has 0 spiro atoms. The van der Waals surface area contributed by atoms with E-state index >= 15 is 0 Å². The van der Waals surface area contributed by atoms with Crippen LogP contribution in [0, 0.1) is 0 Å². The number of hydrogen-bond donors (Lipinski definition) is 2.